The average Bonchev–Trinajstić information content (AvgIpc) is 2.55. The van der Waals surface area contributed by atoms with Crippen molar-refractivity contribution in [3.8, 4) is 0 Å². The smallest absolute Gasteiger partial charge is 0.236 e. The number of hydrogen-bond acceptors (Lipinski definition) is 3. The summed E-state index contributed by atoms with van der Waals surface area (Å²) in [7, 11) is -1.76. The van der Waals surface area contributed by atoms with E-state index >= 15 is 0 Å². The SMILES string of the molecule is COCc1cc2ccccc2n1S(C)(=O)=O. The van der Waals surface area contributed by atoms with Gasteiger partial charge in [0, 0.05) is 12.5 Å². The average molecular weight is 239 g/mol. The summed E-state index contributed by atoms with van der Waals surface area (Å²) >= 11 is 0. The van der Waals surface area contributed by atoms with Crippen LogP contribution < -0.4 is 0 Å². The molecule has 0 radical (unpaired) electrons. The van der Waals surface area contributed by atoms with Gasteiger partial charge in [0.2, 0.25) is 10.0 Å². The van der Waals surface area contributed by atoms with Crippen LogP contribution in [0.4, 0.5) is 0 Å². The highest BCUT2D eigenvalue weighted by Crippen LogP contribution is 2.21. The molecule has 86 valence electrons. The second-order valence-corrected chi connectivity index (χ2v) is 5.49. The molecule has 0 fully saturated rings. The van der Waals surface area contributed by atoms with Crippen molar-refractivity contribution in [3.63, 3.8) is 0 Å². The van der Waals surface area contributed by atoms with E-state index in [2.05, 4.69) is 0 Å². The Morgan fingerprint density at radius 1 is 1.31 bits per heavy atom. The van der Waals surface area contributed by atoms with Crippen LogP contribution in [0.15, 0.2) is 30.3 Å². The van der Waals surface area contributed by atoms with Crippen molar-refractivity contribution in [3.05, 3.63) is 36.0 Å². The molecule has 0 aliphatic rings. The molecule has 0 spiro atoms. The number of hydrogen-bond donors (Lipinski definition) is 0. The second-order valence-electron chi connectivity index (χ2n) is 3.65. The Labute approximate surface area is 94.5 Å². The predicted molar refractivity (Wildman–Crippen MR) is 62.9 cm³/mol. The lowest BCUT2D eigenvalue weighted by molar-refractivity contribution is 0.181. The maximum absolute atomic E-state index is 11.7. The minimum Gasteiger partial charge on any atom is -0.378 e. The number of fused-ring (bicyclic) bond motifs is 1. The lowest BCUT2D eigenvalue weighted by Crippen LogP contribution is -2.13. The topological polar surface area (TPSA) is 48.3 Å². The lowest BCUT2D eigenvalue weighted by Gasteiger charge is -2.06. The molecule has 0 N–H and O–H groups in total. The molecule has 4 nitrogen and oxygen atoms in total. The fourth-order valence-electron chi connectivity index (χ4n) is 1.83. The molecular weight excluding hydrogens is 226 g/mol. The molecule has 16 heavy (non-hydrogen) atoms. The molecule has 1 heterocycles. The van der Waals surface area contributed by atoms with Gasteiger partial charge >= 0.3 is 0 Å². The maximum atomic E-state index is 11.7. The number of rotatable bonds is 3. The van der Waals surface area contributed by atoms with E-state index in [0.29, 0.717) is 11.2 Å². The molecule has 0 amide bonds. The minimum atomic E-state index is -3.30. The highest BCUT2D eigenvalue weighted by molar-refractivity contribution is 7.89. The highest BCUT2D eigenvalue weighted by Gasteiger charge is 2.15. The van der Waals surface area contributed by atoms with Crippen LogP contribution in [-0.2, 0) is 21.4 Å². The summed E-state index contributed by atoms with van der Waals surface area (Å²) in [4.78, 5) is 0. The molecule has 5 heteroatoms. The molecule has 0 aliphatic carbocycles. The van der Waals surface area contributed by atoms with Gasteiger partial charge in [-0.1, -0.05) is 18.2 Å². The van der Waals surface area contributed by atoms with Crippen molar-refractivity contribution < 1.29 is 13.2 Å². The van der Waals surface area contributed by atoms with Gasteiger partial charge in [0.15, 0.2) is 0 Å². The van der Waals surface area contributed by atoms with Crippen molar-refractivity contribution in [1.82, 2.24) is 3.97 Å². The minimum absolute atomic E-state index is 0.280. The van der Waals surface area contributed by atoms with Gasteiger partial charge in [-0.25, -0.2) is 12.4 Å². The zero-order chi connectivity index (χ0) is 11.8. The quantitative estimate of drug-likeness (QED) is 0.817. The zero-order valence-corrected chi connectivity index (χ0v) is 9.99. The molecule has 0 bridgehead atoms. The van der Waals surface area contributed by atoms with Crippen LogP contribution in [-0.4, -0.2) is 25.8 Å². The fraction of sp³-hybridized carbons (Fsp3) is 0.273. The van der Waals surface area contributed by atoms with Crippen LogP contribution in [0, 0.1) is 0 Å². The monoisotopic (exact) mass is 239 g/mol. The molecule has 1 aromatic carbocycles. The molecule has 0 atom stereocenters. The van der Waals surface area contributed by atoms with E-state index in [-0.39, 0.29) is 6.61 Å². The van der Waals surface area contributed by atoms with Crippen LogP contribution in [0.5, 0.6) is 0 Å². The number of benzene rings is 1. The number of methoxy groups -OCH3 is 1. The molecule has 1 aromatic heterocycles. The predicted octanol–water partition coefficient (Wildman–Crippen LogP) is 1.60. The van der Waals surface area contributed by atoms with E-state index < -0.39 is 10.0 Å². The van der Waals surface area contributed by atoms with Gasteiger partial charge in [0.05, 0.1) is 24.1 Å². The number of para-hydroxylation sites is 1. The second kappa shape index (κ2) is 3.92. The van der Waals surface area contributed by atoms with Gasteiger partial charge in [-0.2, -0.15) is 0 Å². The summed E-state index contributed by atoms with van der Waals surface area (Å²) in [6.07, 6.45) is 1.19. The van der Waals surface area contributed by atoms with Crippen LogP contribution >= 0.6 is 0 Å². The first-order valence-electron chi connectivity index (χ1n) is 4.83. The molecule has 2 aromatic rings. The standard InChI is InChI=1S/C11H13NO3S/c1-15-8-10-7-9-5-3-4-6-11(9)12(10)16(2,13)14/h3-7H,8H2,1-2H3. The van der Waals surface area contributed by atoms with E-state index in [9.17, 15) is 8.42 Å². The highest BCUT2D eigenvalue weighted by atomic mass is 32.2. The van der Waals surface area contributed by atoms with Crippen molar-refractivity contribution in [2.24, 2.45) is 0 Å². The zero-order valence-electron chi connectivity index (χ0n) is 9.17. The van der Waals surface area contributed by atoms with E-state index in [0.717, 1.165) is 5.39 Å². The summed E-state index contributed by atoms with van der Waals surface area (Å²) in [5.41, 5.74) is 1.34. The third-order valence-electron chi connectivity index (χ3n) is 2.36. The molecule has 0 saturated heterocycles. The summed E-state index contributed by atoms with van der Waals surface area (Å²) in [6.45, 7) is 0.280. The van der Waals surface area contributed by atoms with Gasteiger partial charge < -0.3 is 4.74 Å². The number of nitrogens with zero attached hydrogens (tertiary/aromatic N) is 1. The third kappa shape index (κ3) is 1.83. The van der Waals surface area contributed by atoms with Crippen LogP contribution in [0.25, 0.3) is 10.9 Å². The lowest BCUT2D eigenvalue weighted by atomic mass is 10.2. The number of ether oxygens (including phenoxy) is 1. The van der Waals surface area contributed by atoms with E-state index in [1.54, 1.807) is 13.2 Å². The normalized spacial score (nSPS) is 12.1. The van der Waals surface area contributed by atoms with Crippen LogP contribution in [0.3, 0.4) is 0 Å². The van der Waals surface area contributed by atoms with E-state index in [1.807, 2.05) is 24.3 Å². The van der Waals surface area contributed by atoms with Crippen molar-refractivity contribution in [2.75, 3.05) is 13.4 Å². The Balaban J connectivity index is 2.80. The van der Waals surface area contributed by atoms with Gasteiger partial charge in [0.25, 0.3) is 0 Å². The first-order chi connectivity index (χ1) is 7.54. The maximum Gasteiger partial charge on any atom is 0.236 e. The first kappa shape index (κ1) is 11.2. The molecular formula is C11H13NO3S. The van der Waals surface area contributed by atoms with Crippen LogP contribution in [0.2, 0.25) is 0 Å². The van der Waals surface area contributed by atoms with Gasteiger partial charge in [0.1, 0.15) is 0 Å². The fourth-order valence-corrected chi connectivity index (χ4v) is 2.88. The summed E-state index contributed by atoms with van der Waals surface area (Å²) in [6, 6.07) is 9.21. The Morgan fingerprint density at radius 2 is 2.00 bits per heavy atom. The van der Waals surface area contributed by atoms with E-state index in [1.165, 1.54) is 10.2 Å². The molecule has 2 rings (SSSR count). The van der Waals surface area contributed by atoms with Crippen molar-refractivity contribution in [2.45, 2.75) is 6.61 Å². The van der Waals surface area contributed by atoms with Gasteiger partial charge in [-0.05, 0) is 12.1 Å². The molecule has 0 unspecified atom stereocenters. The first-order valence-corrected chi connectivity index (χ1v) is 6.67. The Kier molecular flexibility index (Phi) is 2.73. The summed E-state index contributed by atoms with van der Waals surface area (Å²) < 4.78 is 29.8. The van der Waals surface area contributed by atoms with Gasteiger partial charge in [-0.3, -0.25) is 0 Å². The summed E-state index contributed by atoms with van der Waals surface area (Å²) in [5.74, 6) is 0. The van der Waals surface area contributed by atoms with E-state index in [4.69, 9.17) is 4.74 Å². The molecule has 0 aliphatic heterocycles. The Morgan fingerprint density at radius 3 is 2.62 bits per heavy atom. The van der Waals surface area contributed by atoms with Crippen molar-refractivity contribution >= 4 is 20.9 Å². The van der Waals surface area contributed by atoms with Gasteiger partial charge in [-0.15, -0.1) is 0 Å². The van der Waals surface area contributed by atoms with Crippen molar-refractivity contribution in [1.29, 1.82) is 0 Å². The third-order valence-corrected chi connectivity index (χ3v) is 3.46. The largest absolute Gasteiger partial charge is 0.378 e. The summed E-state index contributed by atoms with van der Waals surface area (Å²) in [5, 5.41) is 0.903. The number of aromatic nitrogens is 1. The Bertz CT molecular complexity index is 613. The Hall–Kier alpha value is -1.33. The van der Waals surface area contributed by atoms with Crippen LogP contribution in [0.1, 0.15) is 5.69 Å². The molecule has 0 saturated carbocycles.